The third-order valence-electron chi connectivity index (χ3n) is 3.07. The second-order valence-electron chi connectivity index (χ2n) is 4.53. The van der Waals surface area contributed by atoms with Crippen molar-refractivity contribution >= 4 is 18.1 Å². The number of nitrogens with zero attached hydrogens (tertiary/aromatic N) is 2. The van der Waals surface area contributed by atoms with Crippen molar-refractivity contribution in [1.82, 2.24) is 4.98 Å². The number of carboxylic acids is 1. The molecule has 0 saturated carbocycles. The summed E-state index contributed by atoms with van der Waals surface area (Å²) in [6.07, 6.45) is 3.29. The van der Waals surface area contributed by atoms with Gasteiger partial charge >= 0.3 is 5.97 Å². The van der Waals surface area contributed by atoms with E-state index in [4.69, 9.17) is 19.8 Å². The van der Waals surface area contributed by atoms with Crippen LogP contribution in [0.5, 0.6) is 11.5 Å². The zero-order chi connectivity index (χ0) is 16.8. The Morgan fingerprint density at radius 1 is 1.17 bits per heavy atom. The van der Waals surface area contributed by atoms with Gasteiger partial charge in [0.15, 0.2) is 0 Å². The average Bonchev–Trinajstić information content (AvgIpc) is 2.59. The molecule has 0 bridgehead atoms. The summed E-state index contributed by atoms with van der Waals surface area (Å²) in [5.74, 6) is 0.0979. The smallest absolute Gasteiger partial charge is 0.354 e. The predicted molar refractivity (Wildman–Crippen MR) is 84.4 cm³/mol. The zero-order valence-electron chi connectivity index (χ0n) is 12.6. The van der Waals surface area contributed by atoms with E-state index in [2.05, 4.69) is 4.98 Å². The van der Waals surface area contributed by atoms with Gasteiger partial charge < -0.3 is 14.6 Å². The highest BCUT2D eigenvalue weighted by atomic mass is 16.5. The van der Waals surface area contributed by atoms with Crippen LogP contribution in [0.4, 0.5) is 0 Å². The van der Waals surface area contributed by atoms with Crippen LogP contribution in [0.2, 0.25) is 0 Å². The first-order chi connectivity index (χ1) is 11.1. The van der Waals surface area contributed by atoms with E-state index >= 15 is 0 Å². The molecule has 23 heavy (non-hydrogen) atoms. The third-order valence-corrected chi connectivity index (χ3v) is 3.07. The second-order valence-corrected chi connectivity index (χ2v) is 4.53. The minimum absolute atomic E-state index is 0.119. The Kier molecular flexibility index (Phi) is 4.95. The zero-order valence-corrected chi connectivity index (χ0v) is 12.6. The first-order valence-corrected chi connectivity index (χ1v) is 6.63. The van der Waals surface area contributed by atoms with Crippen LogP contribution in [-0.4, -0.2) is 30.3 Å². The number of hydrogen-bond acceptors (Lipinski definition) is 5. The summed E-state index contributed by atoms with van der Waals surface area (Å²) < 4.78 is 10.4. The molecule has 0 radical (unpaired) electrons. The maximum absolute atomic E-state index is 11.0. The number of rotatable bonds is 5. The first-order valence-electron chi connectivity index (χ1n) is 6.63. The molecule has 0 atom stereocenters. The summed E-state index contributed by atoms with van der Waals surface area (Å²) in [6.45, 7) is 0. The minimum Gasteiger partial charge on any atom is -0.497 e. The topological polar surface area (TPSA) is 92.4 Å². The Hall–Kier alpha value is -3.33. The fourth-order valence-corrected chi connectivity index (χ4v) is 1.92. The molecular weight excluding hydrogens is 296 g/mol. The van der Waals surface area contributed by atoms with Crippen molar-refractivity contribution in [2.24, 2.45) is 0 Å². The van der Waals surface area contributed by atoms with Gasteiger partial charge in [0.05, 0.1) is 25.5 Å². The van der Waals surface area contributed by atoms with Gasteiger partial charge in [-0.2, -0.15) is 5.26 Å². The maximum Gasteiger partial charge on any atom is 0.354 e. The molecular formula is C17H14N2O4. The van der Waals surface area contributed by atoms with Crippen LogP contribution < -0.4 is 9.47 Å². The van der Waals surface area contributed by atoms with Crippen molar-refractivity contribution in [3.63, 3.8) is 0 Å². The van der Waals surface area contributed by atoms with E-state index in [1.54, 1.807) is 44.6 Å². The van der Waals surface area contributed by atoms with E-state index in [1.165, 1.54) is 12.1 Å². The fraction of sp³-hybridized carbons (Fsp3) is 0.118. The first kappa shape index (κ1) is 16.0. The molecule has 6 nitrogen and oxygen atoms in total. The molecule has 1 heterocycles. The van der Waals surface area contributed by atoms with Crippen molar-refractivity contribution < 1.29 is 19.4 Å². The molecule has 116 valence electrons. The van der Waals surface area contributed by atoms with Gasteiger partial charge in [-0.1, -0.05) is 6.08 Å². The Morgan fingerprint density at radius 3 is 2.35 bits per heavy atom. The Balaban J connectivity index is 2.42. The number of pyridine rings is 1. The largest absolute Gasteiger partial charge is 0.497 e. The maximum atomic E-state index is 11.0. The highest BCUT2D eigenvalue weighted by molar-refractivity contribution is 5.86. The van der Waals surface area contributed by atoms with Crippen molar-refractivity contribution in [2.45, 2.75) is 0 Å². The number of carboxylic acid groups (broad SMARTS) is 1. The summed E-state index contributed by atoms with van der Waals surface area (Å²) in [7, 11) is 3.10. The molecule has 0 aliphatic carbocycles. The highest BCUT2D eigenvalue weighted by Crippen LogP contribution is 2.24. The number of ether oxygens (including phenoxy) is 2. The molecule has 0 saturated heterocycles. The van der Waals surface area contributed by atoms with E-state index in [1.807, 2.05) is 6.07 Å². The van der Waals surface area contributed by atoms with E-state index < -0.39 is 5.97 Å². The standard InChI is InChI=1S/C17H14N2O4/c1-22-13-7-11(8-14(9-13)23-2)3-5-15-12(10-18)4-6-16(19-15)17(20)21/h3-9H,1-2H3,(H,20,21). The van der Waals surface area contributed by atoms with Gasteiger partial charge in [0, 0.05) is 6.07 Å². The van der Waals surface area contributed by atoms with Crippen molar-refractivity contribution in [1.29, 1.82) is 5.26 Å². The van der Waals surface area contributed by atoms with Gasteiger partial charge in [0.25, 0.3) is 0 Å². The van der Waals surface area contributed by atoms with Gasteiger partial charge in [0.1, 0.15) is 23.3 Å². The molecule has 6 heteroatoms. The van der Waals surface area contributed by atoms with Gasteiger partial charge in [-0.05, 0) is 35.9 Å². The lowest BCUT2D eigenvalue weighted by atomic mass is 10.1. The van der Waals surface area contributed by atoms with Crippen LogP contribution >= 0.6 is 0 Å². The predicted octanol–water partition coefficient (Wildman–Crippen LogP) is 2.84. The molecule has 0 aliphatic heterocycles. The molecule has 1 aromatic carbocycles. The van der Waals surface area contributed by atoms with Crippen molar-refractivity contribution in [3.05, 3.63) is 52.8 Å². The monoisotopic (exact) mass is 310 g/mol. The molecule has 1 aromatic heterocycles. The van der Waals surface area contributed by atoms with Crippen LogP contribution in [0.1, 0.15) is 27.3 Å². The van der Waals surface area contributed by atoms with Crippen molar-refractivity contribution in [2.75, 3.05) is 14.2 Å². The van der Waals surface area contributed by atoms with Gasteiger partial charge in [-0.25, -0.2) is 9.78 Å². The van der Waals surface area contributed by atoms with Crippen LogP contribution in [-0.2, 0) is 0 Å². The number of carbonyl (C=O) groups is 1. The van der Waals surface area contributed by atoms with Crippen molar-refractivity contribution in [3.8, 4) is 17.6 Å². The number of aromatic nitrogens is 1. The lowest BCUT2D eigenvalue weighted by molar-refractivity contribution is 0.0690. The fourth-order valence-electron chi connectivity index (χ4n) is 1.92. The molecule has 2 aromatic rings. The highest BCUT2D eigenvalue weighted by Gasteiger charge is 2.08. The Morgan fingerprint density at radius 2 is 1.83 bits per heavy atom. The van der Waals surface area contributed by atoms with Crippen LogP contribution in [0.25, 0.3) is 12.2 Å². The quantitative estimate of drug-likeness (QED) is 0.913. The summed E-state index contributed by atoms with van der Waals surface area (Å²) in [5, 5.41) is 18.1. The molecule has 0 amide bonds. The lowest BCUT2D eigenvalue weighted by Crippen LogP contribution is -2.02. The number of benzene rings is 1. The molecule has 2 rings (SSSR count). The molecule has 0 aliphatic rings. The lowest BCUT2D eigenvalue weighted by Gasteiger charge is -2.06. The third kappa shape index (κ3) is 3.86. The SMILES string of the molecule is COc1cc(C=Cc2nc(C(=O)O)ccc2C#N)cc(OC)c1. The number of hydrogen-bond donors (Lipinski definition) is 1. The summed E-state index contributed by atoms with van der Waals surface area (Å²) >= 11 is 0. The molecule has 0 unspecified atom stereocenters. The Bertz CT molecular complexity index is 784. The molecule has 1 N–H and O–H groups in total. The van der Waals surface area contributed by atoms with Crippen LogP contribution in [0.3, 0.4) is 0 Å². The molecule has 0 spiro atoms. The van der Waals surface area contributed by atoms with E-state index in [0.29, 0.717) is 17.1 Å². The normalized spacial score (nSPS) is 10.3. The van der Waals surface area contributed by atoms with Gasteiger partial charge in [-0.3, -0.25) is 0 Å². The average molecular weight is 310 g/mol. The molecule has 0 fully saturated rings. The summed E-state index contributed by atoms with van der Waals surface area (Å²) in [5.41, 5.74) is 1.23. The van der Waals surface area contributed by atoms with E-state index in [9.17, 15) is 4.79 Å². The summed E-state index contributed by atoms with van der Waals surface area (Å²) in [6, 6.07) is 10.0. The number of aromatic carboxylic acids is 1. The van der Waals surface area contributed by atoms with Gasteiger partial charge in [-0.15, -0.1) is 0 Å². The van der Waals surface area contributed by atoms with Crippen LogP contribution in [0.15, 0.2) is 30.3 Å². The van der Waals surface area contributed by atoms with Gasteiger partial charge in [0.2, 0.25) is 0 Å². The number of methoxy groups -OCH3 is 2. The van der Waals surface area contributed by atoms with E-state index in [0.717, 1.165) is 5.56 Å². The van der Waals surface area contributed by atoms with E-state index in [-0.39, 0.29) is 11.4 Å². The van der Waals surface area contributed by atoms with Crippen LogP contribution in [0, 0.1) is 11.3 Å². The summed E-state index contributed by atoms with van der Waals surface area (Å²) in [4.78, 5) is 15.0. The second kappa shape index (κ2) is 7.09. The number of nitriles is 1. The minimum atomic E-state index is -1.15. The Labute approximate surface area is 133 Å².